The Kier molecular flexibility index (Phi) is 4.38. The average molecular weight is 303 g/mol. The molecule has 0 atom stereocenters. The second kappa shape index (κ2) is 5.90. The number of hydrogen-bond donors (Lipinski definition) is 2. The van der Waals surface area contributed by atoms with Crippen molar-refractivity contribution in [2.45, 2.75) is 6.18 Å². The van der Waals surface area contributed by atoms with Crippen molar-refractivity contribution in [1.82, 2.24) is 9.91 Å². The van der Waals surface area contributed by atoms with Crippen LogP contribution in [0.3, 0.4) is 0 Å². The molecule has 1 aromatic carbocycles. The van der Waals surface area contributed by atoms with Gasteiger partial charge in [-0.3, -0.25) is 0 Å². The van der Waals surface area contributed by atoms with Gasteiger partial charge in [0, 0.05) is 31.9 Å². The van der Waals surface area contributed by atoms with Crippen molar-refractivity contribution in [2.24, 2.45) is 0 Å². The minimum Gasteiger partial charge on any atom is -0.478 e. The van der Waals surface area contributed by atoms with E-state index in [1.165, 1.54) is 6.07 Å². The fraction of sp³-hybridized carbons (Fsp3) is 0.462. The number of halogens is 3. The van der Waals surface area contributed by atoms with E-state index in [0.717, 1.165) is 25.2 Å². The molecule has 1 fully saturated rings. The van der Waals surface area contributed by atoms with E-state index in [2.05, 4.69) is 10.3 Å². The Bertz CT molecular complexity index is 526. The number of hydrazine groups is 1. The summed E-state index contributed by atoms with van der Waals surface area (Å²) in [5.41, 5.74) is 1.24. The summed E-state index contributed by atoms with van der Waals surface area (Å²) in [5.74, 6) is -1.59. The molecule has 2 rings (SSSR count). The van der Waals surface area contributed by atoms with Gasteiger partial charge < -0.3 is 15.4 Å². The highest BCUT2D eigenvalue weighted by atomic mass is 19.4. The number of carbonyl (C=O) groups is 1. The lowest BCUT2D eigenvalue weighted by molar-refractivity contribution is -0.138. The third-order valence-electron chi connectivity index (χ3n) is 3.35. The number of nitrogens with one attached hydrogen (secondary N) is 1. The molecule has 0 bridgehead atoms. The number of carboxylic acids is 1. The largest absolute Gasteiger partial charge is 0.478 e. The molecule has 21 heavy (non-hydrogen) atoms. The number of carboxylic acid groups (broad SMARTS) is 1. The van der Waals surface area contributed by atoms with E-state index in [9.17, 15) is 18.0 Å². The van der Waals surface area contributed by atoms with E-state index in [0.29, 0.717) is 13.1 Å². The van der Waals surface area contributed by atoms with Crippen molar-refractivity contribution in [1.29, 1.82) is 0 Å². The summed E-state index contributed by atoms with van der Waals surface area (Å²) in [7, 11) is 1.97. The van der Waals surface area contributed by atoms with Crippen molar-refractivity contribution < 1.29 is 23.1 Å². The highest BCUT2D eigenvalue weighted by Crippen LogP contribution is 2.34. The monoisotopic (exact) mass is 303 g/mol. The molecule has 1 heterocycles. The summed E-state index contributed by atoms with van der Waals surface area (Å²) in [6.07, 6.45) is -4.70. The van der Waals surface area contributed by atoms with Gasteiger partial charge in [-0.15, -0.1) is 0 Å². The van der Waals surface area contributed by atoms with Crippen molar-refractivity contribution in [3.8, 4) is 0 Å². The average Bonchev–Trinajstić information content (AvgIpc) is 2.40. The lowest BCUT2D eigenvalue weighted by atomic mass is 10.1. The first-order valence-corrected chi connectivity index (χ1v) is 6.42. The molecule has 1 aliphatic heterocycles. The van der Waals surface area contributed by atoms with E-state index in [-0.39, 0.29) is 5.69 Å². The second-order valence-electron chi connectivity index (χ2n) is 4.97. The van der Waals surface area contributed by atoms with Gasteiger partial charge >= 0.3 is 12.1 Å². The molecule has 0 amide bonds. The van der Waals surface area contributed by atoms with Gasteiger partial charge in [0.1, 0.15) is 0 Å². The first kappa shape index (κ1) is 15.6. The molecule has 1 aromatic rings. The Balaban J connectivity index is 2.20. The van der Waals surface area contributed by atoms with Gasteiger partial charge in [0.2, 0.25) is 0 Å². The molecule has 1 saturated heterocycles. The molecule has 116 valence electrons. The maximum Gasteiger partial charge on any atom is 0.417 e. The molecule has 2 N–H and O–H groups in total. The molecule has 0 spiro atoms. The van der Waals surface area contributed by atoms with Gasteiger partial charge in [-0.1, -0.05) is 0 Å². The van der Waals surface area contributed by atoms with Crippen LogP contribution in [-0.4, -0.2) is 54.2 Å². The molecule has 0 aliphatic carbocycles. The normalized spacial score (nSPS) is 17.7. The zero-order chi connectivity index (χ0) is 15.6. The number of benzene rings is 1. The summed E-state index contributed by atoms with van der Waals surface area (Å²) < 4.78 is 38.7. The molecular formula is C13H16F3N3O2. The fourth-order valence-corrected chi connectivity index (χ4v) is 2.14. The van der Waals surface area contributed by atoms with Gasteiger partial charge in [0.15, 0.2) is 0 Å². The van der Waals surface area contributed by atoms with E-state index < -0.39 is 23.3 Å². The number of anilines is 1. The van der Waals surface area contributed by atoms with Gasteiger partial charge in [-0.25, -0.2) is 9.80 Å². The van der Waals surface area contributed by atoms with Crippen LogP contribution in [0.4, 0.5) is 18.9 Å². The number of hydrogen-bond acceptors (Lipinski definition) is 4. The lowest BCUT2D eigenvalue weighted by Crippen LogP contribution is -2.46. The van der Waals surface area contributed by atoms with E-state index in [1.807, 2.05) is 12.1 Å². The summed E-state index contributed by atoms with van der Waals surface area (Å²) in [6, 6.07) is 3.16. The van der Waals surface area contributed by atoms with Crippen LogP contribution in [0.5, 0.6) is 0 Å². The smallest absolute Gasteiger partial charge is 0.417 e. The van der Waals surface area contributed by atoms with Crippen LogP contribution < -0.4 is 5.43 Å². The van der Waals surface area contributed by atoms with Gasteiger partial charge in [0.05, 0.1) is 11.1 Å². The number of alkyl halides is 3. The fourth-order valence-electron chi connectivity index (χ4n) is 2.14. The minimum atomic E-state index is -4.70. The molecule has 1 aliphatic rings. The van der Waals surface area contributed by atoms with Crippen LogP contribution in [0.1, 0.15) is 15.9 Å². The Morgan fingerprint density at radius 2 is 1.86 bits per heavy atom. The number of rotatable bonds is 3. The molecule has 5 nitrogen and oxygen atoms in total. The summed E-state index contributed by atoms with van der Waals surface area (Å²) in [4.78, 5) is 13.0. The molecule has 0 unspecified atom stereocenters. The molecule has 8 heteroatoms. The van der Waals surface area contributed by atoms with Crippen LogP contribution in [0, 0.1) is 0 Å². The number of aromatic carboxylic acids is 1. The van der Waals surface area contributed by atoms with Crippen LogP contribution >= 0.6 is 0 Å². The number of nitrogens with zero attached hydrogens (tertiary/aromatic N) is 2. The maximum atomic E-state index is 12.9. The molecule has 0 aromatic heterocycles. The summed E-state index contributed by atoms with van der Waals surface area (Å²) >= 11 is 0. The number of likely N-dealkylation sites (N-methyl/N-ethyl adjacent to an activating group) is 1. The van der Waals surface area contributed by atoms with Gasteiger partial charge in [-0.2, -0.15) is 13.2 Å². The minimum absolute atomic E-state index is 0.233. The van der Waals surface area contributed by atoms with Crippen molar-refractivity contribution >= 4 is 11.7 Å². The third-order valence-corrected chi connectivity index (χ3v) is 3.35. The van der Waals surface area contributed by atoms with Crippen LogP contribution in [0.15, 0.2) is 18.2 Å². The second-order valence-corrected chi connectivity index (χ2v) is 4.97. The molecular weight excluding hydrogens is 287 g/mol. The Hall–Kier alpha value is -1.80. The van der Waals surface area contributed by atoms with Gasteiger partial charge in [-0.05, 0) is 25.2 Å². The first-order chi connectivity index (χ1) is 9.77. The predicted molar refractivity (Wildman–Crippen MR) is 71.1 cm³/mol. The predicted octanol–water partition coefficient (Wildman–Crippen LogP) is 1.98. The van der Waals surface area contributed by atoms with Crippen molar-refractivity contribution in [3.63, 3.8) is 0 Å². The highest BCUT2D eigenvalue weighted by molar-refractivity contribution is 5.90. The van der Waals surface area contributed by atoms with Gasteiger partial charge in [0.25, 0.3) is 0 Å². The van der Waals surface area contributed by atoms with Crippen LogP contribution in [-0.2, 0) is 6.18 Å². The van der Waals surface area contributed by atoms with E-state index >= 15 is 0 Å². The number of piperazine rings is 1. The van der Waals surface area contributed by atoms with Crippen molar-refractivity contribution in [2.75, 3.05) is 38.7 Å². The zero-order valence-electron chi connectivity index (χ0n) is 11.4. The van der Waals surface area contributed by atoms with Crippen molar-refractivity contribution in [3.05, 3.63) is 29.3 Å². The SMILES string of the molecule is CN1CCN(Nc2ccc(C(=O)O)c(C(F)(F)F)c2)CC1. The summed E-state index contributed by atoms with van der Waals surface area (Å²) in [6.45, 7) is 2.98. The first-order valence-electron chi connectivity index (χ1n) is 6.42. The standard InChI is InChI=1S/C13H16F3N3O2/c1-18-4-6-19(7-5-18)17-9-2-3-10(12(20)21)11(8-9)13(14,15)16/h2-3,8,17H,4-7H2,1H3,(H,20,21). The Morgan fingerprint density at radius 3 is 2.38 bits per heavy atom. The quantitative estimate of drug-likeness (QED) is 0.894. The van der Waals surface area contributed by atoms with Crippen LogP contribution in [0.2, 0.25) is 0 Å². The topological polar surface area (TPSA) is 55.8 Å². The summed E-state index contributed by atoms with van der Waals surface area (Å²) in [5, 5.41) is 10.6. The highest BCUT2D eigenvalue weighted by Gasteiger charge is 2.35. The van der Waals surface area contributed by atoms with E-state index in [4.69, 9.17) is 5.11 Å². The maximum absolute atomic E-state index is 12.9. The lowest BCUT2D eigenvalue weighted by Gasteiger charge is -2.33. The third kappa shape index (κ3) is 3.85. The Labute approximate surface area is 119 Å². The Morgan fingerprint density at radius 1 is 1.24 bits per heavy atom. The van der Waals surface area contributed by atoms with E-state index in [1.54, 1.807) is 0 Å². The molecule has 0 saturated carbocycles. The van der Waals surface area contributed by atoms with Crippen LogP contribution in [0.25, 0.3) is 0 Å². The zero-order valence-corrected chi connectivity index (χ0v) is 11.4. The molecule has 0 radical (unpaired) electrons.